The summed E-state index contributed by atoms with van der Waals surface area (Å²) in [5.74, 6) is 0. The molecule has 0 atom stereocenters. The van der Waals surface area contributed by atoms with Crippen molar-refractivity contribution < 1.29 is 26.3 Å². The Kier molecular flexibility index (Phi) is 3.81. The van der Waals surface area contributed by atoms with Gasteiger partial charge < -0.3 is 0 Å². The summed E-state index contributed by atoms with van der Waals surface area (Å²) < 4.78 is 77.9. The SMILES string of the molecule is FC(F)(F)c1cc2c(c(C(F)(F)F)c1)N=C(Cc1cnccn1)C2. The Morgan fingerprint density at radius 3 is 2.29 bits per heavy atom. The lowest BCUT2D eigenvalue weighted by Crippen LogP contribution is -2.11. The van der Waals surface area contributed by atoms with E-state index in [0.717, 1.165) is 6.07 Å². The van der Waals surface area contributed by atoms with Crippen molar-refractivity contribution in [1.82, 2.24) is 9.97 Å². The molecular formula is C15H9F6N3. The van der Waals surface area contributed by atoms with Gasteiger partial charge in [0, 0.05) is 37.1 Å². The van der Waals surface area contributed by atoms with Gasteiger partial charge in [0.05, 0.1) is 22.5 Å². The number of alkyl halides is 6. The maximum atomic E-state index is 13.1. The van der Waals surface area contributed by atoms with Gasteiger partial charge in [-0.3, -0.25) is 15.0 Å². The van der Waals surface area contributed by atoms with Gasteiger partial charge in [0.15, 0.2) is 0 Å². The zero-order valence-electron chi connectivity index (χ0n) is 11.9. The van der Waals surface area contributed by atoms with Crippen LogP contribution in [0.4, 0.5) is 32.0 Å². The molecule has 0 bridgehead atoms. The standard InChI is InChI=1S/C15H9F6N3/c16-14(17,18)9-3-8-4-10(6-11-7-22-1-2-23-11)24-13(8)12(5-9)15(19,20)21/h1-3,5,7H,4,6H2. The van der Waals surface area contributed by atoms with Gasteiger partial charge in [0.1, 0.15) is 0 Å². The number of fused-ring (bicyclic) bond motifs is 1. The number of benzene rings is 1. The van der Waals surface area contributed by atoms with E-state index in [4.69, 9.17) is 0 Å². The van der Waals surface area contributed by atoms with Crippen LogP contribution in [0.1, 0.15) is 22.4 Å². The Morgan fingerprint density at radius 1 is 0.958 bits per heavy atom. The van der Waals surface area contributed by atoms with E-state index < -0.39 is 29.2 Å². The monoisotopic (exact) mass is 345 g/mol. The van der Waals surface area contributed by atoms with Crippen LogP contribution in [0.3, 0.4) is 0 Å². The Bertz CT molecular complexity index is 793. The van der Waals surface area contributed by atoms with E-state index in [-0.39, 0.29) is 24.5 Å². The van der Waals surface area contributed by atoms with Gasteiger partial charge in [-0.2, -0.15) is 26.3 Å². The number of aromatic nitrogens is 2. The summed E-state index contributed by atoms with van der Waals surface area (Å²) in [6.07, 6.45) is -5.45. The quantitative estimate of drug-likeness (QED) is 0.758. The molecule has 0 spiro atoms. The first kappa shape index (κ1) is 16.4. The molecule has 24 heavy (non-hydrogen) atoms. The van der Waals surface area contributed by atoms with Crippen molar-refractivity contribution in [2.24, 2.45) is 4.99 Å². The third kappa shape index (κ3) is 3.24. The number of aliphatic imine (C=N–C) groups is 1. The van der Waals surface area contributed by atoms with Crippen LogP contribution in [0.5, 0.6) is 0 Å². The lowest BCUT2D eigenvalue weighted by atomic mass is 10.00. The molecule has 1 aliphatic heterocycles. The number of hydrogen-bond acceptors (Lipinski definition) is 3. The smallest absolute Gasteiger partial charge is 0.261 e. The van der Waals surface area contributed by atoms with E-state index in [9.17, 15) is 26.3 Å². The molecule has 9 heteroatoms. The maximum absolute atomic E-state index is 13.1. The second-order valence-corrected chi connectivity index (χ2v) is 5.26. The molecule has 3 nitrogen and oxygen atoms in total. The summed E-state index contributed by atoms with van der Waals surface area (Å²) in [7, 11) is 0. The summed E-state index contributed by atoms with van der Waals surface area (Å²) in [5.41, 5.74) is -2.44. The van der Waals surface area contributed by atoms with Gasteiger partial charge in [-0.1, -0.05) is 0 Å². The topological polar surface area (TPSA) is 38.1 Å². The van der Waals surface area contributed by atoms with Crippen molar-refractivity contribution >= 4 is 11.4 Å². The maximum Gasteiger partial charge on any atom is 0.418 e. The van der Waals surface area contributed by atoms with Gasteiger partial charge in [-0.15, -0.1) is 0 Å². The molecular weight excluding hydrogens is 336 g/mol. The number of hydrogen-bond donors (Lipinski definition) is 0. The van der Waals surface area contributed by atoms with Crippen molar-refractivity contribution in [3.05, 3.63) is 53.1 Å². The second kappa shape index (κ2) is 5.57. The highest BCUT2D eigenvalue weighted by molar-refractivity contribution is 5.96. The van der Waals surface area contributed by atoms with Crippen molar-refractivity contribution in [2.75, 3.05) is 0 Å². The number of nitrogens with zero attached hydrogens (tertiary/aromatic N) is 3. The molecule has 0 fully saturated rings. The molecule has 0 saturated carbocycles. The molecule has 1 aromatic heterocycles. The molecule has 2 aromatic rings. The average molecular weight is 345 g/mol. The fourth-order valence-electron chi connectivity index (χ4n) is 2.49. The Labute approximate surface area is 132 Å². The van der Waals surface area contributed by atoms with Gasteiger partial charge >= 0.3 is 12.4 Å². The number of halogens is 6. The zero-order chi connectivity index (χ0) is 17.5. The Morgan fingerprint density at radius 2 is 1.71 bits per heavy atom. The minimum atomic E-state index is -4.92. The first-order valence-electron chi connectivity index (χ1n) is 6.77. The fraction of sp³-hybridized carbons (Fsp3) is 0.267. The van der Waals surface area contributed by atoms with Gasteiger partial charge in [-0.05, 0) is 17.7 Å². The van der Waals surface area contributed by atoms with E-state index >= 15 is 0 Å². The first-order chi connectivity index (χ1) is 11.1. The van der Waals surface area contributed by atoms with Crippen LogP contribution in [0.25, 0.3) is 0 Å². The van der Waals surface area contributed by atoms with Crippen molar-refractivity contribution in [3.8, 4) is 0 Å². The summed E-state index contributed by atoms with van der Waals surface area (Å²) in [4.78, 5) is 11.7. The Balaban J connectivity index is 2.01. The molecule has 3 rings (SSSR count). The van der Waals surface area contributed by atoms with Crippen LogP contribution in [-0.4, -0.2) is 15.7 Å². The van der Waals surface area contributed by atoms with Crippen LogP contribution in [-0.2, 0) is 25.2 Å². The number of rotatable bonds is 2. The van der Waals surface area contributed by atoms with E-state index in [2.05, 4.69) is 15.0 Å². The van der Waals surface area contributed by atoms with Crippen LogP contribution < -0.4 is 0 Å². The zero-order valence-corrected chi connectivity index (χ0v) is 11.9. The molecule has 1 aromatic carbocycles. The van der Waals surface area contributed by atoms with Crippen LogP contribution in [0.2, 0.25) is 0 Å². The summed E-state index contributed by atoms with van der Waals surface area (Å²) >= 11 is 0. The molecule has 0 amide bonds. The van der Waals surface area contributed by atoms with Gasteiger partial charge in [-0.25, -0.2) is 0 Å². The fourth-order valence-corrected chi connectivity index (χ4v) is 2.49. The second-order valence-electron chi connectivity index (χ2n) is 5.26. The molecule has 0 unspecified atom stereocenters. The highest BCUT2D eigenvalue weighted by atomic mass is 19.4. The molecule has 1 aliphatic rings. The third-order valence-corrected chi connectivity index (χ3v) is 3.49. The lowest BCUT2D eigenvalue weighted by molar-refractivity contribution is -0.142. The van der Waals surface area contributed by atoms with E-state index in [1.165, 1.54) is 18.6 Å². The Hall–Kier alpha value is -2.45. The molecule has 2 heterocycles. The van der Waals surface area contributed by atoms with E-state index in [1.807, 2.05) is 0 Å². The predicted octanol–water partition coefficient (Wildman–Crippen LogP) is 4.39. The van der Waals surface area contributed by atoms with E-state index in [0.29, 0.717) is 11.4 Å². The van der Waals surface area contributed by atoms with Gasteiger partial charge in [0.2, 0.25) is 0 Å². The molecule has 126 valence electrons. The average Bonchev–Trinajstić information content (AvgIpc) is 2.87. The van der Waals surface area contributed by atoms with E-state index in [1.54, 1.807) is 0 Å². The van der Waals surface area contributed by atoms with Gasteiger partial charge in [0.25, 0.3) is 0 Å². The highest BCUT2D eigenvalue weighted by Crippen LogP contribution is 2.44. The van der Waals surface area contributed by atoms with Crippen LogP contribution in [0, 0.1) is 0 Å². The minimum Gasteiger partial charge on any atom is -0.261 e. The van der Waals surface area contributed by atoms with Crippen molar-refractivity contribution in [2.45, 2.75) is 25.2 Å². The predicted molar refractivity (Wildman–Crippen MR) is 73.0 cm³/mol. The highest BCUT2D eigenvalue weighted by Gasteiger charge is 2.40. The molecule has 0 radical (unpaired) electrons. The molecule has 0 N–H and O–H groups in total. The summed E-state index contributed by atoms with van der Waals surface area (Å²) in [6, 6.07) is 0.825. The minimum absolute atomic E-state index is 0.0844. The largest absolute Gasteiger partial charge is 0.418 e. The summed E-state index contributed by atoms with van der Waals surface area (Å²) in [6.45, 7) is 0. The molecule has 0 aliphatic carbocycles. The van der Waals surface area contributed by atoms with Crippen LogP contribution >= 0.6 is 0 Å². The normalized spacial score (nSPS) is 14.5. The lowest BCUT2D eigenvalue weighted by Gasteiger charge is -2.14. The van der Waals surface area contributed by atoms with Crippen molar-refractivity contribution in [3.63, 3.8) is 0 Å². The summed E-state index contributed by atoms with van der Waals surface area (Å²) in [5, 5.41) is 0. The first-order valence-corrected chi connectivity index (χ1v) is 6.77. The molecule has 0 saturated heterocycles. The third-order valence-electron chi connectivity index (χ3n) is 3.49. The van der Waals surface area contributed by atoms with Crippen molar-refractivity contribution in [1.29, 1.82) is 0 Å². The van der Waals surface area contributed by atoms with Crippen LogP contribution in [0.15, 0.2) is 35.7 Å².